The molecule has 1 heterocycles. The van der Waals surface area contributed by atoms with Crippen molar-refractivity contribution in [3.8, 4) is 5.75 Å². The maximum absolute atomic E-state index is 11.9. The second-order valence-electron chi connectivity index (χ2n) is 4.56. The summed E-state index contributed by atoms with van der Waals surface area (Å²) in [5.74, 6) is 0.689. The Morgan fingerprint density at radius 2 is 2.28 bits per heavy atom. The first-order chi connectivity index (χ1) is 8.56. The number of aliphatic hydroxyl groups excluding tert-OH is 1. The van der Waals surface area contributed by atoms with Crippen molar-refractivity contribution in [2.75, 3.05) is 13.7 Å². The molecule has 2 N–H and O–H groups in total. The predicted molar refractivity (Wildman–Crippen MR) is 68.6 cm³/mol. The number of nitrogens with zero attached hydrogens (tertiary/aromatic N) is 1. The summed E-state index contributed by atoms with van der Waals surface area (Å²) < 4.78 is 5.03. The van der Waals surface area contributed by atoms with Crippen LogP contribution in [0.5, 0.6) is 5.75 Å². The maximum atomic E-state index is 11.9. The van der Waals surface area contributed by atoms with Crippen molar-refractivity contribution >= 4 is 5.91 Å². The molecule has 1 aromatic rings. The molecule has 0 radical (unpaired) electrons. The highest BCUT2D eigenvalue weighted by molar-refractivity contribution is 5.92. The zero-order valence-electron chi connectivity index (χ0n) is 11.0. The van der Waals surface area contributed by atoms with E-state index in [0.29, 0.717) is 11.7 Å². The Bertz CT molecular complexity index is 394. The van der Waals surface area contributed by atoms with E-state index in [1.54, 1.807) is 12.1 Å². The van der Waals surface area contributed by atoms with Crippen molar-refractivity contribution in [2.45, 2.75) is 26.3 Å². The lowest BCUT2D eigenvalue weighted by atomic mass is 10.0. The summed E-state index contributed by atoms with van der Waals surface area (Å²) >= 11 is 0. The van der Waals surface area contributed by atoms with Crippen molar-refractivity contribution in [2.24, 2.45) is 5.92 Å². The fraction of sp³-hybridized carbons (Fsp3) is 0.538. The molecule has 1 unspecified atom stereocenters. The monoisotopic (exact) mass is 252 g/mol. The number of carbonyl (C=O) groups is 1. The van der Waals surface area contributed by atoms with E-state index in [0.717, 1.165) is 6.42 Å². The largest absolute Gasteiger partial charge is 0.497 e. The van der Waals surface area contributed by atoms with Gasteiger partial charge in [0.05, 0.1) is 19.8 Å². The molecule has 1 rings (SSSR count). The first kappa shape index (κ1) is 14.4. The Kier molecular flexibility index (Phi) is 5.58. The van der Waals surface area contributed by atoms with Crippen LogP contribution in [0.3, 0.4) is 0 Å². The second-order valence-corrected chi connectivity index (χ2v) is 4.56. The number of amides is 1. The second kappa shape index (κ2) is 6.96. The summed E-state index contributed by atoms with van der Waals surface area (Å²) in [5, 5.41) is 12.0. The Hall–Kier alpha value is -1.62. The van der Waals surface area contributed by atoms with Crippen LogP contribution in [-0.4, -0.2) is 35.8 Å². The van der Waals surface area contributed by atoms with Crippen LogP contribution in [0.2, 0.25) is 0 Å². The normalized spacial score (nSPS) is 12.3. The van der Waals surface area contributed by atoms with E-state index in [1.807, 2.05) is 13.8 Å². The lowest BCUT2D eigenvalue weighted by molar-refractivity contribution is 0.0903. The molecule has 5 nitrogen and oxygen atoms in total. The maximum Gasteiger partial charge on any atom is 0.270 e. The zero-order valence-corrected chi connectivity index (χ0v) is 11.0. The van der Waals surface area contributed by atoms with E-state index in [2.05, 4.69) is 10.3 Å². The van der Waals surface area contributed by atoms with Gasteiger partial charge in [-0.2, -0.15) is 0 Å². The zero-order chi connectivity index (χ0) is 13.5. The summed E-state index contributed by atoms with van der Waals surface area (Å²) in [5.41, 5.74) is 0.288. The van der Waals surface area contributed by atoms with Gasteiger partial charge in [0.2, 0.25) is 0 Å². The Morgan fingerprint density at radius 1 is 1.56 bits per heavy atom. The van der Waals surface area contributed by atoms with Gasteiger partial charge in [-0.05, 0) is 18.4 Å². The Labute approximate surface area is 107 Å². The summed E-state index contributed by atoms with van der Waals surface area (Å²) in [4.78, 5) is 15.9. The van der Waals surface area contributed by atoms with E-state index >= 15 is 0 Å². The molecule has 0 fully saturated rings. The van der Waals surface area contributed by atoms with E-state index in [4.69, 9.17) is 4.74 Å². The van der Waals surface area contributed by atoms with Crippen LogP contribution in [-0.2, 0) is 0 Å². The average Bonchev–Trinajstić information content (AvgIpc) is 2.37. The molecule has 1 amide bonds. The quantitative estimate of drug-likeness (QED) is 0.798. The molecule has 5 heteroatoms. The van der Waals surface area contributed by atoms with Crippen molar-refractivity contribution in [3.05, 3.63) is 24.0 Å². The third kappa shape index (κ3) is 4.33. The van der Waals surface area contributed by atoms with E-state index < -0.39 is 0 Å². The molecular formula is C13H20N2O3. The Balaban J connectivity index is 2.68. The molecule has 1 aromatic heterocycles. The highest BCUT2D eigenvalue weighted by Gasteiger charge is 2.15. The van der Waals surface area contributed by atoms with Crippen molar-refractivity contribution < 1.29 is 14.6 Å². The van der Waals surface area contributed by atoms with Gasteiger partial charge in [0.1, 0.15) is 11.4 Å². The summed E-state index contributed by atoms with van der Waals surface area (Å²) in [6, 6.07) is 3.00. The number of hydrogen-bond donors (Lipinski definition) is 2. The van der Waals surface area contributed by atoms with Crippen LogP contribution in [0.1, 0.15) is 30.8 Å². The summed E-state index contributed by atoms with van der Waals surface area (Å²) in [6.07, 6.45) is 2.25. The van der Waals surface area contributed by atoms with Gasteiger partial charge in [-0.3, -0.25) is 9.78 Å². The van der Waals surface area contributed by atoms with Crippen molar-refractivity contribution in [1.82, 2.24) is 10.3 Å². The van der Waals surface area contributed by atoms with E-state index in [1.165, 1.54) is 13.3 Å². The van der Waals surface area contributed by atoms with Gasteiger partial charge in [0, 0.05) is 12.3 Å². The number of methoxy groups -OCH3 is 1. The number of rotatable bonds is 6. The average molecular weight is 252 g/mol. The third-order valence-corrected chi connectivity index (χ3v) is 2.51. The fourth-order valence-corrected chi connectivity index (χ4v) is 1.67. The van der Waals surface area contributed by atoms with Crippen molar-refractivity contribution in [1.29, 1.82) is 0 Å². The van der Waals surface area contributed by atoms with Gasteiger partial charge in [-0.1, -0.05) is 13.8 Å². The molecule has 100 valence electrons. The summed E-state index contributed by atoms with van der Waals surface area (Å²) in [6.45, 7) is 4.01. The van der Waals surface area contributed by atoms with Gasteiger partial charge in [-0.25, -0.2) is 0 Å². The molecule has 18 heavy (non-hydrogen) atoms. The number of ether oxygens (including phenoxy) is 1. The van der Waals surface area contributed by atoms with Gasteiger partial charge < -0.3 is 15.2 Å². The predicted octanol–water partition coefficient (Wildman–Crippen LogP) is 1.23. The van der Waals surface area contributed by atoms with Crippen LogP contribution in [0.15, 0.2) is 18.3 Å². The number of aromatic nitrogens is 1. The van der Waals surface area contributed by atoms with E-state index in [9.17, 15) is 9.90 Å². The van der Waals surface area contributed by atoms with E-state index in [-0.39, 0.29) is 24.2 Å². The standard InChI is InChI=1S/C13H20N2O3/c1-9(2)6-10(8-16)15-13(17)12-7-11(18-3)4-5-14-12/h4-5,7,9-10,16H,6,8H2,1-3H3,(H,15,17). The van der Waals surface area contributed by atoms with Gasteiger partial charge >= 0.3 is 0 Å². The number of nitrogens with one attached hydrogen (secondary N) is 1. The molecule has 0 aliphatic heterocycles. The molecule has 0 saturated heterocycles. The molecule has 0 bridgehead atoms. The van der Waals surface area contributed by atoms with Crippen LogP contribution in [0.25, 0.3) is 0 Å². The Morgan fingerprint density at radius 3 is 2.83 bits per heavy atom. The SMILES string of the molecule is COc1ccnc(C(=O)NC(CO)CC(C)C)c1. The molecule has 0 spiro atoms. The molecule has 0 saturated carbocycles. The highest BCUT2D eigenvalue weighted by atomic mass is 16.5. The molecule has 1 atom stereocenters. The lowest BCUT2D eigenvalue weighted by Gasteiger charge is -2.18. The minimum absolute atomic E-state index is 0.0755. The number of hydrogen-bond acceptors (Lipinski definition) is 4. The fourth-order valence-electron chi connectivity index (χ4n) is 1.67. The third-order valence-electron chi connectivity index (χ3n) is 2.51. The molecule has 0 aliphatic carbocycles. The molecular weight excluding hydrogens is 232 g/mol. The van der Waals surface area contributed by atoms with Crippen molar-refractivity contribution in [3.63, 3.8) is 0 Å². The van der Waals surface area contributed by atoms with Gasteiger partial charge in [0.15, 0.2) is 0 Å². The first-order valence-corrected chi connectivity index (χ1v) is 5.98. The van der Waals surface area contributed by atoms with Crippen LogP contribution in [0, 0.1) is 5.92 Å². The number of pyridine rings is 1. The number of carbonyl (C=O) groups excluding carboxylic acids is 1. The minimum Gasteiger partial charge on any atom is -0.497 e. The van der Waals surface area contributed by atoms with Gasteiger partial charge in [-0.15, -0.1) is 0 Å². The highest BCUT2D eigenvalue weighted by Crippen LogP contribution is 2.10. The molecule has 0 aromatic carbocycles. The minimum atomic E-state index is -0.298. The first-order valence-electron chi connectivity index (χ1n) is 5.98. The summed E-state index contributed by atoms with van der Waals surface area (Å²) in [7, 11) is 1.53. The van der Waals surface area contributed by atoms with Crippen LogP contribution in [0.4, 0.5) is 0 Å². The van der Waals surface area contributed by atoms with Crippen LogP contribution < -0.4 is 10.1 Å². The number of aliphatic hydroxyl groups is 1. The lowest BCUT2D eigenvalue weighted by Crippen LogP contribution is -2.38. The van der Waals surface area contributed by atoms with Crippen LogP contribution >= 0.6 is 0 Å². The topological polar surface area (TPSA) is 71.5 Å². The molecule has 0 aliphatic rings. The van der Waals surface area contributed by atoms with Gasteiger partial charge in [0.25, 0.3) is 5.91 Å². The smallest absolute Gasteiger partial charge is 0.270 e.